The molecule has 0 aliphatic heterocycles. The van der Waals surface area contributed by atoms with Gasteiger partial charge in [0.05, 0.1) is 11.0 Å². The van der Waals surface area contributed by atoms with Crippen molar-refractivity contribution in [2.45, 2.75) is 6.92 Å². The number of benzene rings is 1. The fourth-order valence-corrected chi connectivity index (χ4v) is 2.00. The van der Waals surface area contributed by atoms with E-state index in [9.17, 15) is 0 Å². The minimum absolute atomic E-state index is 0.699. The predicted octanol–water partition coefficient (Wildman–Crippen LogP) is 3.59. The molecule has 0 fully saturated rings. The summed E-state index contributed by atoms with van der Waals surface area (Å²) in [5.41, 5.74) is 3.80. The number of hydrogen-bond acceptors (Lipinski definition) is 2. The lowest BCUT2D eigenvalue weighted by atomic mass is 10.2. The van der Waals surface area contributed by atoms with Gasteiger partial charge in [-0.05, 0) is 36.8 Å². The summed E-state index contributed by atoms with van der Waals surface area (Å²) < 4.78 is 0. The number of aromatic amines is 1. The highest BCUT2D eigenvalue weighted by Gasteiger charge is 2.08. The summed E-state index contributed by atoms with van der Waals surface area (Å²) in [6, 6.07) is 9.53. The molecule has 3 rings (SSSR count). The highest BCUT2D eigenvalue weighted by atomic mass is 35.5. The summed E-state index contributed by atoms with van der Waals surface area (Å²) in [6.45, 7) is 2.02. The number of fused-ring (bicyclic) bond motifs is 1. The Hall–Kier alpha value is -1.87. The van der Waals surface area contributed by atoms with E-state index >= 15 is 0 Å². The molecule has 0 spiro atoms. The molecule has 3 aromatic rings. The van der Waals surface area contributed by atoms with E-state index in [0.717, 1.165) is 28.1 Å². The Morgan fingerprint density at radius 1 is 1.24 bits per heavy atom. The average Bonchev–Trinajstić information content (AvgIpc) is 2.72. The second-order valence-corrected chi connectivity index (χ2v) is 4.35. The lowest BCUT2D eigenvalue weighted by Gasteiger charge is -1.98. The van der Waals surface area contributed by atoms with Crippen molar-refractivity contribution in [1.29, 1.82) is 0 Å². The van der Waals surface area contributed by atoms with E-state index in [2.05, 4.69) is 15.0 Å². The van der Waals surface area contributed by atoms with Gasteiger partial charge in [0.15, 0.2) is 5.82 Å². The molecule has 0 aliphatic rings. The second-order valence-electron chi connectivity index (χ2n) is 3.92. The summed E-state index contributed by atoms with van der Waals surface area (Å²) in [6.07, 6.45) is 1.77. The van der Waals surface area contributed by atoms with Crippen LogP contribution in [0.2, 0.25) is 5.02 Å². The van der Waals surface area contributed by atoms with Crippen LogP contribution in [-0.2, 0) is 0 Å². The first kappa shape index (κ1) is 10.3. The molecular formula is C13H10ClN3. The van der Waals surface area contributed by atoms with E-state index in [4.69, 9.17) is 11.6 Å². The molecule has 0 saturated heterocycles. The highest BCUT2D eigenvalue weighted by Crippen LogP contribution is 2.23. The molecule has 0 unspecified atom stereocenters. The van der Waals surface area contributed by atoms with Gasteiger partial charge in [0.1, 0.15) is 5.69 Å². The van der Waals surface area contributed by atoms with Gasteiger partial charge >= 0.3 is 0 Å². The van der Waals surface area contributed by atoms with Crippen LogP contribution in [0.3, 0.4) is 0 Å². The van der Waals surface area contributed by atoms with Gasteiger partial charge < -0.3 is 4.98 Å². The number of aryl methyl sites for hydroxylation is 1. The first-order chi connectivity index (χ1) is 8.24. The third kappa shape index (κ3) is 1.78. The maximum Gasteiger partial charge on any atom is 0.157 e. The van der Waals surface area contributed by atoms with Crippen molar-refractivity contribution in [2.24, 2.45) is 0 Å². The lowest BCUT2D eigenvalue weighted by molar-refractivity contribution is 1.20. The molecule has 1 aromatic carbocycles. The van der Waals surface area contributed by atoms with Crippen molar-refractivity contribution < 1.29 is 0 Å². The van der Waals surface area contributed by atoms with Crippen LogP contribution in [-0.4, -0.2) is 15.0 Å². The Morgan fingerprint density at radius 2 is 2.12 bits per heavy atom. The number of rotatable bonds is 1. The third-order valence-corrected chi connectivity index (χ3v) is 2.91. The van der Waals surface area contributed by atoms with Gasteiger partial charge in [-0.25, -0.2) is 4.98 Å². The number of halogens is 1. The zero-order valence-corrected chi connectivity index (χ0v) is 9.99. The Bertz CT molecular complexity index is 688. The molecule has 3 nitrogen and oxygen atoms in total. The van der Waals surface area contributed by atoms with E-state index in [1.165, 1.54) is 0 Å². The van der Waals surface area contributed by atoms with E-state index in [1.54, 1.807) is 6.20 Å². The molecule has 1 N–H and O–H groups in total. The topological polar surface area (TPSA) is 41.6 Å². The van der Waals surface area contributed by atoms with E-state index in [-0.39, 0.29) is 0 Å². The van der Waals surface area contributed by atoms with Gasteiger partial charge in [0.25, 0.3) is 0 Å². The lowest BCUT2D eigenvalue weighted by Crippen LogP contribution is -1.88. The van der Waals surface area contributed by atoms with Crippen LogP contribution < -0.4 is 0 Å². The van der Waals surface area contributed by atoms with E-state index in [0.29, 0.717) is 5.02 Å². The molecule has 0 saturated carbocycles. The van der Waals surface area contributed by atoms with Gasteiger partial charge in [-0.2, -0.15) is 0 Å². The summed E-state index contributed by atoms with van der Waals surface area (Å²) in [5, 5.41) is 0.699. The monoisotopic (exact) mass is 243 g/mol. The van der Waals surface area contributed by atoms with Gasteiger partial charge in [0.2, 0.25) is 0 Å². The Kier molecular flexibility index (Phi) is 2.34. The Balaban J connectivity index is 2.22. The maximum atomic E-state index is 5.94. The van der Waals surface area contributed by atoms with Crippen LogP contribution in [0, 0.1) is 6.92 Å². The van der Waals surface area contributed by atoms with Crippen molar-refractivity contribution in [3.05, 3.63) is 47.1 Å². The molecule has 17 heavy (non-hydrogen) atoms. The Morgan fingerprint density at radius 3 is 2.94 bits per heavy atom. The quantitative estimate of drug-likeness (QED) is 0.710. The first-order valence-electron chi connectivity index (χ1n) is 5.31. The fourth-order valence-electron chi connectivity index (χ4n) is 1.83. The average molecular weight is 244 g/mol. The summed E-state index contributed by atoms with van der Waals surface area (Å²) in [4.78, 5) is 12.1. The molecule has 84 valence electrons. The first-order valence-corrected chi connectivity index (χ1v) is 5.69. The van der Waals surface area contributed by atoms with Crippen molar-refractivity contribution in [3.63, 3.8) is 0 Å². The molecular weight excluding hydrogens is 234 g/mol. The van der Waals surface area contributed by atoms with Crippen molar-refractivity contribution in [3.8, 4) is 11.5 Å². The van der Waals surface area contributed by atoms with Crippen LogP contribution in [0.4, 0.5) is 0 Å². The summed E-state index contributed by atoms with van der Waals surface area (Å²) in [5.74, 6) is 0.778. The number of H-pyrrole nitrogens is 1. The van der Waals surface area contributed by atoms with Crippen molar-refractivity contribution in [2.75, 3.05) is 0 Å². The molecule has 2 heterocycles. The number of pyridine rings is 1. The van der Waals surface area contributed by atoms with Crippen molar-refractivity contribution >= 4 is 22.6 Å². The van der Waals surface area contributed by atoms with Crippen LogP contribution in [0.25, 0.3) is 22.6 Å². The fraction of sp³-hybridized carbons (Fsp3) is 0.0769. The van der Waals surface area contributed by atoms with Crippen molar-refractivity contribution in [1.82, 2.24) is 15.0 Å². The Labute approximate surface area is 103 Å². The SMILES string of the molecule is Cc1cccnc1-c1nc2ccc(Cl)cc2[nH]1. The largest absolute Gasteiger partial charge is 0.337 e. The summed E-state index contributed by atoms with van der Waals surface area (Å²) in [7, 11) is 0. The normalized spacial score (nSPS) is 10.9. The molecule has 0 radical (unpaired) electrons. The number of hydrogen-bond donors (Lipinski definition) is 1. The van der Waals surface area contributed by atoms with Crippen LogP contribution in [0.15, 0.2) is 36.5 Å². The van der Waals surface area contributed by atoms with Crippen LogP contribution in [0.5, 0.6) is 0 Å². The third-order valence-electron chi connectivity index (χ3n) is 2.68. The maximum absolute atomic E-state index is 5.94. The van der Waals surface area contributed by atoms with E-state index < -0.39 is 0 Å². The predicted molar refractivity (Wildman–Crippen MR) is 69.1 cm³/mol. The van der Waals surface area contributed by atoms with Crippen LogP contribution in [0.1, 0.15) is 5.56 Å². The van der Waals surface area contributed by atoms with Gasteiger partial charge in [0, 0.05) is 11.2 Å². The standard InChI is InChI=1S/C13H10ClN3/c1-8-3-2-6-15-12(8)13-16-10-5-4-9(14)7-11(10)17-13/h2-7H,1H3,(H,16,17). The molecule has 0 aliphatic carbocycles. The minimum Gasteiger partial charge on any atom is -0.337 e. The smallest absolute Gasteiger partial charge is 0.157 e. The van der Waals surface area contributed by atoms with Gasteiger partial charge in [-0.3, -0.25) is 4.98 Å². The molecule has 0 amide bonds. The zero-order valence-electron chi connectivity index (χ0n) is 9.24. The number of nitrogens with zero attached hydrogens (tertiary/aromatic N) is 2. The summed E-state index contributed by atoms with van der Waals surface area (Å²) >= 11 is 5.94. The van der Waals surface area contributed by atoms with Gasteiger partial charge in [-0.1, -0.05) is 17.7 Å². The highest BCUT2D eigenvalue weighted by molar-refractivity contribution is 6.31. The minimum atomic E-state index is 0.699. The molecule has 0 atom stereocenters. The van der Waals surface area contributed by atoms with E-state index in [1.807, 2.05) is 37.3 Å². The number of imidazole rings is 1. The molecule has 2 aromatic heterocycles. The molecule has 0 bridgehead atoms. The zero-order chi connectivity index (χ0) is 11.8. The second kappa shape index (κ2) is 3.86. The molecule has 4 heteroatoms. The number of aromatic nitrogens is 3. The van der Waals surface area contributed by atoms with Gasteiger partial charge in [-0.15, -0.1) is 0 Å². The number of nitrogens with one attached hydrogen (secondary N) is 1. The van der Waals surface area contributed by atoms with Crippen LogP contribution >= 0.6 is 11.6 Å².